The van der Waals surface area contributed by atoms with E-state index in [1.165, 1.54) is 5.75 Å². The van der Waals surface area contributed by atoms with Gasteiger partial charge in [0.2, 0.25) is 10.0 Å². The van der Waals surface area contributed by atoms with Gasteiger partial charge in [0.05, 0.1) is 5.75 Å². The molecule has 0 spiro atoms. The Labute approximate surface area is 103 Å². The van der Waals surface area contributed by atoms with Crippen molar-refractivity contribution in [3.8, 4) is 0 Å². The van der Waals surface area contributed by atoms with Gasteiger partial charge in [-0.15, -0.1) is 0 Å². The molecular formula is C10H22N2O2S2. The van der Waals surface area contributed by atoms with Crippen molar-refractivity contribution >= 4 is 21.8 Å². The van der Waals surface area contributed by atoms with E-state index < -0.39 is 10.0 Å². The van der Waals surface area contributed by atoms with Gasteiger partial charge >= 0.3 is 0 Å². The van der Waals surface area contributed by atoms with Crippen LogP contribution in [0, 0.1) is 5.41 Å². The third-order valence-electron chi connectivity index (χ3n) is 2.65. The molecule has 0 aromatic rings. The molecule has 0 bridgehead atoms. The molecular weight excluding hydrogens is 244 g/mol. The first-order valence-corrected chi connectivity index (χ1v) is 8.47. The molecule has 1 rings (SSSR count). The minimum Gasteiger partial charge on any atom is -0.313 e. The highest BCUT2D eigenvalue weighted by molar-refractivity contribution is 7.99. The van der Waals surface area contributed by atoms with E-state index in [0.717, 1.165) is 18.7 Å². The van der Waals surface area contributed by atoms with Crippen LogP contribution in [0.5, 0.6) is 0 Å². The van der Waals surface area contributed by atoms with Gasteiger partial charge in [0, 0.05) is 11.8 Å². The highest BCUT2D eigenvalue weighted by Crippen LogP contribution is 2.33. The highest BCUT2D eigenvalue weighted by atomic mass is 32.2. The molecule has 0 aromatic heterocycles. The Morgan fingerprint density at radius 2 is 2.19 bits per heavy atom. The Hall–Kier alpha value is 0.220. The van der Waals surface area contributed by atoms with Crippen LogP contribution in [0.1, 0.15) is 26.7 Å². The number of hydrogen-bond acceptors (Lipinski definition) is 4. The summed E-state index contributed by atoms with van der Waals surface area (Å²) in [6, 6.07) is 0.509. The van der Waals surface area contributed by atoms with Gasteiger partial charge in [0.15, 0.2) is 0 Å². The number of sulfonamides is 1. The predicted octanol–water partition coefficient (Wildman–Crippen LogP) is 0.786. The first-order chi connectivity index (χ1) is 7.29. The topological polar surface area (TPSA) is 72.2 Å². The first-order valence-electron chi connectivity index (χ1n) is 5.60. The molecule has 1 unspecified atom stereocenters. The maximum atomic E-state index is 10.7. The number of rotatable bonds is 5. The van der Waals surface area contributed by atoms with Crippen molar-refractivity contribution in [1.82, 2.24) is 5.32 Å². The van der Waals surface area contributed by atoms with E-state index in [4.69, 9.17) is 5.14 Å². The number of primary sulfonamides is 1. The lowest BCUT2D eigenvalue weighted by atomic mass is 9.88. The molecule has 0 amide bonds. The Balaban J connectivity index is 2.18. The maximum Gasteiger partial charge on any atom is 0.209 e. The standard InChI is InChI=1S/C10H22N2O2S2/c1-10(2)6-9(7-15-8-10)12-4-3-5-16(11,13)14/h9,12H,3-8H2,1-2H3,(H2,11,13,14). The normalized spacial score (nSPS) is 25.6. The Morgan fingerprint density at radius 3 is 2.75 bits per heavy atom. The molecule has 16 heavy (non-hydrogen) atoms. The fourth-order valence-electron chi connectivity index (χ4n) is 1.97. The maximum absolute atomic E-state index is 10.7. The van der Waals surface area contributed by atoms with Gasteiger partial charge in [0.25, 0.3) is 0 Å². The minimum atomic E-state index is -3.30. The Morgan fingerprint density at radius 1 is 1.50 bits per heavy atom. The third kappa shape index (κ3) is 6.08. The van der Waals surface area contributed by atoms with Gasteiger partial charge < -0.3 is 5.32 Å². The van der Waals surface area contributed by atoms with Crippen LogP contribution in [0.2, 0.25) is 0 Å². The number of nitrogens with one attached hydrogen (secondary N) is 1. The van der Waals surface area contributed by atoms with Crippen LogP contribution in [0.4, 0.5) is 0 Å². The largest absolute Gasteiger partial charge is 0.313 e. The van der Waals surface area contributed by atoms with Gasteiger partial charge in [-0.05, 0) is 30.6 Å². The summed E-state index contributed by atoms with van der Waals surface area (Å²) >= 11 is 1.97. The van der Waals surface area contributed by atoms with Crippen molar-refractivity contribution in [1.29, 1.82) is 0 Å². The van der Waals surface area contributed by atoms with Gasteiger partial charge in [-0.25, -0.2) is 13.6 Å². The van der Waals surface area contributed by atoms with E-state index in [1.807, 2.05) is 11.8 Å². The average Bonchev–Trinajstić information content (AvgIpc) is 2.09. The molecule has 4 nitrogen and oxygen atoms in total. The number of thioether (sulfide) groups is 1. The van der Waals surface area contributed by atoms with Gasteiger partial charge in [-0.3, -0.25) is 0 Å². The van der Waals surface area contributed by atoms with Gasteiger partial charge in [0.1, 0.15) is 0 Å². The molecule has 1 atom stereocenters. The predicted molar refractivity (Wildman–Crippen MR) is 70.1 cm³/mol. The summed E-state index contributed by atoms with van der Waals surface area (Å²) in [5, 5.41) is 8.35. The van der Waals surface area contributed by atoms with Crippen LogP contribution >= 0.6 is 11.8 Å². The van der Waals surface area contributed by atoms with Crippen molar-refractivity contribution in [3.05, 3.63) is 0 Å². The smallest absolute Gasteiger partial charge is 0.209 e. The van der Waals surface area contributed by atoms with E-state index in [1.54, 1.807) is 0 Å². The van der Waals surface area contributed by atoms with Gasteiger partial charge in [-0.2, -0.15) is 11.8 Å². The zero-order valence-electron chi connectivity index (χ0n) is 10.0. The van der Waals surface area contributed by atoms with Crippen molar-refractivity contribution in [2.24, 2.45) is 10.6 Å². The number of hydrogen-bond donors (Lipinski definition) is 2. The zero-order valence-corrected chi connectivity index (χ0v) is 11.7. The lowest BCUT2D eigenvalue weighted by molar-refractivity contribution is 0.318. The van der Waals surface area contributed by atoms with Crippen LogP contribution in [-0.2, 0) is 10.0 Å². The van der Waals surface area contributed by atoms with E-state index in [2.05, 4.69) is 19.2 Å². The Kier molecular flexibility index (Phi) is 5.10. The highest BCUT2D eigenvalue weighted by Gasteiger charge is 2.27. The summed E-state index contributed by atoms with van der Waals surface area (Å²) in [5.74, 6) is 2.41. The Bertz CT molecular complexity index is 315. The van der Waals surface area contributed by atoms with Crippen LogP contribution in [0.3, 0.4) is 0 Å². The molecule has 0 aliphatic carbocycles. The lowest BCUT2D eigenvalue weighted by Gasteiger charge is -2.35. The fraction of sp³-hybridized carbons (Fsp3) is 1.00. The lowest BCUT2D eigenvalue weighted by Crippen LogP contribution is -2.41. The minimum absolute atomic E-state index is 0.0727. The molecule has 1 fully saturated rings. The molecule has 0 aromatic carbocycles. The number of nitrogens with two attached hydrogens (primary N) is 1. The second kappa shape index (κ2) is 5.71. The summed E-state index contributed by atoms with van der Waals surface area (Å²) in [6.07, 6.45) is 1.76. The monoisotopic (exact) mass is 266 g/mol. The molecule has 1 aliphatic rings. The van der Waals surface area contributed by atoms with Crippen LogP contribution in [-0.4, -0.2) is 38.3 Å². The molecule has 1 aliphatic heterocycles. The van der Waals surface area contributed by atoms with Crippen molar-refractivity contribution in [3.63, 3.8) is 0 Å². The van der Waals surface area contributed by atoms with Crippen LogP contribution < -0.4 is 10.5 Å². The second-order valence-corrected chi connectivity index (χ2v) is 8.02. The zero-order chi connectivity index (χ0) is 12.2. The van der Waals surface area contributed by atoms with Crippen LogP contribution in [0.25, 0.3) is 0 Å². The van der Waals surface area contributed by atoms with Crippen molar-refractivity contribution < 1.29 is 8.42 Å². The third-order valence-corrected chi connectivity index (χ3v) is 5.13. The van der Waals surface area contributed by atoms with E-state index in [-0.39, 0.29) is 5.75 Å². The first kappa shape index (κ1) is 14.3. The summed E-state index contributed by atoms with van der Waals surface area (Å²) in [4.78, 5) is 0. The molecule has 0 radical (unpaired) electrons. The summed E-state index contributed by atoms with van der Waals surface area (Å²) < 4.78 is 21.5. The second-order valence-electron chi connectivity index (χ2n) is 5.26. The van der Waals surface area contributed by atoms with E-state index in [9.17, 15) is 8.42 Å². The van der Waals surface area contributed by atoms with Crippen molar-refractivity contribution in [2.45, 2.75) is 32.7 Å². The van der Waals surface area contributed by atoms with Crippen LogP contribution in [0.15, 0.2) is 0 Å². The van der Waals surface area contributed by atoms with Gasteiger partial charge in [-0.1, -0.05) is 13.8 Å². The molecule has 1 saturated heterocycles. The molecule has 1 heterocycles. The van der Waals surface area contributed by atoms with E-state index in [0.29, 0.717) is 17.9 Å². The molecule has 6 heteroatoms. The SMILES string of the molecule is CC1(C)CSCC(NCCCS(N)(=O)=O)C1. The molecule has 0 saturated carbocycles. The fourth-order valence-corrected chi connectivity index (χ4v) is 3.83. The summed E-state index contributed by atoms with van der Waals surface area (Å²) in [7, 11) is -3.30. The average molecular weight is 266 g/mol. The summed E-state index contributed by atoms with van der Waals surface area (Å²) in [6.45, 7) is 5.29. The van der Waals surface area contributed by atoms with E-state index >= 15 is 0 Å². The molecule has 96 valence electrons. The summed E-state index contributed by atoms with van der Waals surface area (Å²) in [5.41, 5.74) is 0.389. The quantitative estimate of drug-likeness (QED) is 0.722. The molecule has 3 N–H and O–H groups in total. The van der Waals surface area contributed by atoms with Crippen molar-refractivity contribution in [2.75, 3.05) is 23.8 Å².